The van der Waals surface area contributed by atoms with E-state index < -0.39 is 0 Å². The molecule has 0 aliphatic carbocycles. The van der Waals surface area contributed by atoms with Crippen LogP contribution in [0.1, 0.15) is 0 Å². The van der Waals surface area contributed by atoms with Gasteiger partial charge in [0, 0.05) is 22.2 Å². The quantitative estimate of drug-likeness (QED) is 0.337. The molecule has 0 saturated carbocycles. The summed E-state index contributed by atoms with van der Waals surface area (Å²) in [4.78, 5) is 0. The smallest absolute Gasteiger partial charge is 0.137 e. The normalized spacial score (nSPS) is 11.8. The van der Waals surface area contributed by atoms with Crippen LogP contribution >= 0.6 is 0 Å². The SMILES string of the molecule is [c]1cccc2c3ccccc3n(-c3cccc4oc5ccccc5c34)c12. The Labute approximate surface area is 149 Å². The molecule has 0 amide bonds. The van der Waals surface area contributed by atoms with Crippen LogP contribution in [0, 0.1) is 6.07 Å². The molecule has 6 aromatic rings. The molecule has 0 aliphatic rings. The summed E-state index contributed by atoms with van der Waals surface area (Å²) >= 11 is 0. The maximum absolute atomic E-state index is 6.09. The Morgan fingerprint density at radius 1 is 0.654 bits per heavy atom. The molecule has 0 saturated heterocycles. The number of hydrogen-bond donors (Lipinski definition) is 0. The van der Waals surface area contributed by atoms with Crippen LogP contribution in [-0.4, -0.2) is 4.57 Å². The molecule has 0 bridgehead atoms. The molecule has 2 aromatic heterocycles. The van der Waals surface area contributed by atoms with Crippen molar-refractivity contribution in [3.05, 3.63) is 91.0 Å². The number of benzene rings is 4. The largest absolute Gasteiger partial charge is 0.456 e. The van der Waals surface area contributed by atoms with E-state index in [2.05, 4.69) is 65.2 Å². The molecule has 121 valence electrons. The van der Waals surface area contributed by atoms with Gasteiger partial charge in [0.05, 0.1) is 22.1 Å². The third kappa shape index (κ3) is 1.71. The molecular weight excluding hydrogens is 318 g/mol. The highest BCUT2D eigenvalue weighted by Crippen LogP contribution is 2.37. The van der Waals surface area contributed by atoms with Crippen molar-refractivity contribution in [2.24, 2.45) is 0 Å². The summed E-state index contributed by atoms with van der Waals surface area (Å²) in [6.07, 6.45) is 0. The number of furan rings is 1. The van der Waals surface area contributed by atoms with Gasteiger partial charge in [0.1, 0.15) is 11.2 Å². The van der Waals surface area contributed by atoms with Crippen molar-refractivity contribution < 1.29 is 4.42 Å². The molecule has 26 heavy (non-hydrogen) atoms. The zero-order valence-corrected chi connectivity index (χ0v) is 13.9. The molecule has 0 spiro atoms. The summed E-state index contributed by atoms with van der Waals surface area (Å²) in [6.45, 7) is 0. The molecule has 2 heterocycles. The Morgan fingerprint density at radius 3 is 2.38 bits per heavy atom. The Kier molecular flexibility index (Phi) is 2.64. The molecule has 2 nitrogen and oxygen atoms in total. The molecule has 0 atom stereocenters. The van der Waals surface area contributed by atoms with E-state index in [1.807, 2.05) is 30.3 Å². The van der Waals surface area contributed by atoms with Crippen LogP contribution in [0.15, 0.2) is 89.3 Å². The number of hydrogen-bond acceptors (Lipinski definition) is 1. The lowest BCUT2D eigenvalue weighted by atomic mass is 10.1. The van der Waals surface area contributed by atoms with E-state index in [1.165, 1.54) is 16.3 Å². The van der Waals surface area contributed by atoms with Crippen molar-refractivity contribution in [2.45, 2.75) is 0 Å². The monoisotopic (exact) mass is 332 g/mol. The molecular formula is C24H14NO. The molecule has 0 fully saturated rings. The van der Waals surface area contributed by atoms with Gasteiger partial charge in [-0.3, -0.25) is 0 Å². The molecule has 0 N–H and O–H groups in total. The Balaban J connectivity index is 1.87. The van der Waals surface area contributed by atoms with Crippen LogP contribution in [0.4, 0.5) is 0 Å². The molecule has 6 rings (SSSR count). The van der Waals surface area contributed by atoms with Gasteiger partial charge in [0.15, 0.2) is 0 Å². The average Bonchev–Trinajstić information content (AvgIpc) is 3.24. The minimum Gasteiger partial charge on any atom is -0.456 e. The fraction of sp³-hybridized carbons (Fsp3) is 0. The lowest BCUT2D eigenvalue weighted by Crippen LogP contribution is -1.94. The highest BCUT2D eigenvalue weighted by molar-refractivity contribution is 6.14. The fourth-order valence-corrected chi connectivity index (χ4v) is 4.04. The first-order chi connectivity index (χ1) is 12.9. The van der Waals surface area contributed by atoms with Crippen molar-refractivity contribution in [1.29, 1.82) is 0 Å². The average molecular weight is 332 g/mol. The lowest BCUT2D eigenvalue weighted by Gasteiger charge is -2.09. The van der Waals surface area contributed by atoms with Gasteiger partial charge in [-0.25, -0.2) is 0 Å². The zero-order valence-electron chi connectivity index (χ0n) is 13.9. The van der Waals surface area contributed by atoms with Crippen molar-refractivity contribution in [3.8, 4) is 5.69 Å². The van der Waals surface area contributed by atoms with E-state index in [-0.39, 0.29) is 0 Å². The number of aromatic nitrogens is 1. The van der Waals surface area contributed by atoms with Crippen LogP contribution in [0.3, 0.4) is 0 Å². The summed E-state index contributed by atoms with van der Waals surface area (Å²) in [5.41, 5.74) is 5.22. The van der Waals surface area contributed by atoms with Gasteiger partial charge in [-0.05, 0) is 24.3 Å². The van der Waals surface area contributed by atoms with Gasteiger partial charge in [0.25, 0.3) is 0 Å². The Morgan fingerprint density at radius 2 is 1.42 bits per heavy atom. The van der Waals surface area contributed by atoms with Gasteiger partial charge >= 0.3 is 0 Å². The van der Waals surface area contributed by atoms with E-state index >= 15 is 0 Å². The van der Waals surface area contributed by atoms with Crippen LogP contribution in [0.5, 0.6) is 0 Å². The second-order valence-electron chi connectivity index (χ2n) is 6.53. The van der Waals surface area contributed by atoms with E-state index in [1.54, 1.807) is 0 Å². The molecule has 1 radical (unpaired) electrons. The summed E-state index contributed by atoms with van der Waals surface area (Å²) < 4.78 is 8.39. The summed E-state index contributed by atoms with van der Waals surface area (Å²) in [7, 11) is 0. The maximum Gasteiger partial charge on any atom is 0.137 e. The minimum atomic E-state index is 0.908. The standard InChI is InChI=1S/C24H14NO/c1-4-11-19-16(8-1)17-9-2-5-12-20(17)25(19)21-13-7-15-23-24(21)18-10-3-6-14-22(18)26-23/h1-11,13-15H. The minimum absolute atomic E-state index is 0.908. The van der Waals surface area contributed by atoms with Crippen LogP contribution in [-0.2, 0) is 0 Å². The molecule has 4 aromatic carbocycles. The number of para-hydroxylation sites is 3. The first-order valence-electron chi connectivity index (χ1n) is 8.72. The van der Waals surface area contributed by atoms with Crippen molar-refractivity contribution in [2.75, 3.05) is 0 Å². The number of nitrogens with zero attached hydrogens (tertiary/aromatic N) is 1. The van der Waals surface area contributed by atoms with E-state index in [0.29, 0.717) is 0 Å². The van der Waals surface area contributed by atoms with Crippen molar-refractivity contribution in [3.63, 3.8) is 0 Å². The van der Waals surface area contributed by atoms with Crippen LogP contribution < -0.4 is 0 Å². The molecule has 2 heteroatoms. The third-order valence-electron chi connectivity index (χ3n) is 5.11. The highest BCUT2D eigenvalue weighted by atomic mass is 16.3. The van der Waals surface area contributed by atoms with Crippen LogP contribution in [0.25, 0.3) is 49.4 Å². The van der Waals surface area contributed by atoms with Gasteiger partial charge in [-0.2, -0.15) is 0 Å². The van der Waals surface area contributed by atoms with Gasteiger partial charge < -0.3 is 8.98 Å². The highest BCUT2D eigenvalue weighted by Gasteiger charge is 2.16. The second-order valence-corrected chi connectivity index (χ2v) is 6.53. The van der Waals surface area contributed by atoms with Crippen LogP contribution in [0.2, 0.25) is 0 Å². The maximum atomic E-state index is 6.09. The molecule has 0 aliphatic heterocycles. The summed E-state index contributed by atoms with van der Waals surface area (Å²) in [6, 6.07) is 32.6. The predicted molar refractivity (Wildman–Crippen MR) is 107 cm³/mol. The fourth-order valence-electron chi connectivity index (χ4n) is 4.04. The number of fused-ring (bicyclic) bond motifs is 6. The third-order valence-corrected chi connectivity index (χ3v) is 5.11. The van der Waals surface area contributed by atoms with E-state index in [0.717, 1.165) is 33.1 Å². The van der Waals surface area contributed by atoms with E-state index in [9.17, 15) is 0 Å². The van der Waals surface area contributed by atoms with Gasteiger partial charge in [0.2, 0.25) is 0 Å². The second kappa shape index (κ2) is 4.99. The van der Waals surface area contributed by atoms with Crippen molar-refractivity contribution in [1.82, 2.24) is 4.57 Å². The van der Waals surface area contributed by atoms with Gasteiger partial charge in [-0.15, -0.1) is 0 Å². The molecule has 0 unspecified atom stereocenters. The Hall–Kier alpha value is -3.52. The summed E-state index contributed by atoms with van der Waals surface area (Å²) in [5, 5.41) is 4.74. The summed E-state index contributed by atoms with van der Waals surface area (Å²) in [5.74, 6) is 0. The first kappa shape index (κ1) is 13.7. The predicted octanol–water partition coefficient (Wildman–Crippen LogP) is 6.48. The topological polar surface area (TPSA) is 18.1 Å². The Bertz CT molecular complexity index is 1380. The first-order valence-corrected chi connectivity index (χ1v) is 8.72. The van der Waals surface area contributed by atoms with E-state index in [4.69, 9.17) is 4.42 Å². The zero-order chi connectivity index (χ0) is 17.1. The van der Waals surface area contributed by atoms with Gasteiger partial charge in [-0.1, -0.05) is 60.7 Å². The van der Waals surface area contributed by atoms with Crippen molar-refractivity contribution >= 4 is 43.7 Å². The number of rotatable bonds is 1. The lowest BCUT2D eigenvalue weighted by molar-refractivity contribution is 0.669.